The van der Waals surface area contributed by atoms with Crippen molar-refractivity contribution in [3.63, 3.8) is 0 Å². The molecule has 1 atom stereocenters. The summed E-state index contributed by atoms with van der Waals surface area (Å²) >= 11 is 0. The molecule has 0 spiro atoms. The van der Waals surface area contributed by atoms with Gasteiger partial charge >= 0.3 is 0 Å². The summed E-state index contributed by atoms with van der Waals surface area (Å²) in [5, 5.41) is 0. The number of methoxy groups -OCH3 is 1. The van der Waals surface area contributed by atoms with E-state index in [2.05, 4.69) is 50.6 Å². The SMILES string of the molecule is COC1=CC(c2ccccc2)=C(C)[CH][C@H]1C. The quantitative estimate of drug-likeness (QED) is 0.725. The van der Waals surface area contributed by atoms with E-state index in [1.54, 1.807) is 7.11 Å². The van der Waals surface area contributed by atoms with Gasteiger partial charge in [-0.25, -0.2) is 0 Å². The van der Waals surface area contributed by atoms with Crippen LogP contribution in [0.1, 0.15) is 19.4 Å². The fourth-order valence-electron chi connectivity index (χ4n) is 2.11. The highest BCUT2D eigenvalue weighted by Crippen LogP contribution is 2.33. The minimum atomic E-state index is 0.373. The summed E-state index contributed by atoms with van der Waals surface area (Å²) < 4.78 is 5.40. The molecule has 1 aliphatic carbocycles. The van der Waals surface area contributed by atoms with Crippen molar-refractivity contribution in [3.05, 3.63) is 59.7 Å². The lowest BCUT2D eigenvalue weighted by Crippen LogP contribution is -2.09. The van der Waals surface area contributed by atoms with E-state index in [9.17, 15) is 0 Å². The highest BCUT2D eigenvalue weighted by molar-refractivity contribution is 5.79. The predicted octanol–water partition coefficient (Wildman–Crippen LogP) is 3.84. The third-order valence-corrected chi connectivity index (χ3v) is 2.98. The van der Waals surface area contributed by atoms with Crippen molar-refractivity contribution in [2.75, 3.05) is 7.11 Å². The third-order valence-electron chi connectivity index (χ3n) is 2.98. The molecule has 0 unspecified atom stereocenters. The topological polar surface area (TPSA) is 9.23 Å². The first kappa shape index (κ1) is 11.0. The van der Waals surface area contributed by atoms with E-state index >= 15 is 0 Å². The summed E-state index contributed by atoms with van der Waals surface area (Å²) in [5.41, 5.74) is 3.83. The molecule has 83 valence electrons. The van der Waals surface area contributed by atoms with E-state index in [0.29, 0.717) is 5.92 Å². The Kier molecular flexibility index (Phi) is 3.14. The molecule has 1 aromatic rings. The van der Waals surface area contributed by atoms with E-state index < -0.39 is 0 Å². The zero-order valence-corrected chi connectivity index (χ0v) is 10.0. The van der Waals surface area contributed by atoms with E-state index in [-0.39, 0.29) is 0 Å². The van der Waals surface area contributed by atoms with Crippen molar-refractivity contribution < 1.29 is 4.74 Å². The second kappa shape index (κ2) is 4.56. The van der Waals surface area contributed by atoms with Crippen LogP contribution >= 0.6 is 0 Å². The normalized spacial score (nSPS) is 20.7. The van der Waals surface area contributed by atoms with Crippen LogP contribution in [0.25, 0.3) is 5.57 Å². The Bertz CT molecular complexity index is 426. The Morgan fingerprint density at radius 3 is 2.44 bits per heavy atom. The van der Waals surface area contributed by atoms with Gasteiger partial charge in [-0.15, -0.1) is 0 Å². The highest BCUT2D eigenvalue weighted by Gasteiger charge is 2.19. The molecule has 0 heterocycles. The summed E-state index contributed by atoms with van der Waals surface area (Å²) in [5.74, 6) is 1.40. The lowest BCUT2D eigenvalue weighted by atomic mass is 9.87. The molecule has 1 heteroatoms. The monoisotopic (exact) mass is 213 g/mol. The molecule has 0 saturated carbocycles. The van der Waals surface area contributed by atoms with Crippen LogP contribution in [0.4, 0.5) is 0 Å². The van der Waals surface area contributed by atoms with E-state index in [1.165, 1.54) is 16.7 Å². The van der Waals surface area contributed by atoms with Crippen molar-refractivity contribution in [1.82, 2.24) is 0 Å². The molecule has 0 N–H and O–H groups in total. The predicted molar refractivity (Wildman–Crippen MR) is 67.6 cm³/mol. The standard InChI is InChI=1S/C15H17O/c1-11-9-12(2)15(16-3)10-14(11)13-7-5-4-6-8-13/h4-10,12H,1-3H3/t12-/m1/s1. The van der Waals surface area contributed by atoms with Gasteiger partial charge in [-0.3, -0.25) is 0 Å². The number of hydrogen-bond acceptors (Lipinski definition) is 1. The molecule has 1 radical (unpaired) electrons. The zero-order chi connectivity index (χ0) is 11.5. The fraction of sp³-hybridized carbons (Fsp3) is 0.267. The molecule has 0 aromatic heterocycles. The first-order valence-electron chi connectivity index (χ1n) is 5.59. The molecule has 0 bridgehead atoms. The minimum absolute atomic E-state index is 0.373. The average molecular weight is 213 g/mol. The molecule has 0 aliphatic heterocycles. The summed E-state index contributed by atoms with van der Waals surface area (Å²) in [6, 6.07) is 10.4. The van der Waals surface area contributed by atoms with Gasteiger partial charge in [0.05, 0.1) is 12.9 Å². The van der Waals surface area contributed by atoms with Crippen LogP contribution < -0.4 is 0 Å². The van der Waals surface area contributed by atoms with Crippen LogP contribution in [-0.4, -0.2) is 7.11 Å². The fourth-order valence-corrected chi connectivity index (χ4v) is 2.11. The summed E-state index contributed by atoms with van der Waals surface area (Å²) in [6.45, 7) is 4.31. The molecule has 0 fully saturated rings. The van der Waals surface area contributed by atoms with Gasteiger partial charge in [0, 0.05) is 5.92 Å². The first-order valence-corrected chi connectivity index (χ1v) is 5.59. The molecule has 1 nitrogen and oxygen atoms in total. The summed E-state index contributed by atoms with van der Waals surface area (Å²) in [7, 11) is 1.74. The molecule has 1 aromatic carbocycles. The Labute approximate surface area is 97.4 Å². The maximum Gasteiger partial charge on any atom is 0.0995 e. The molecule has 1 aliphatic rings. The van der Waals surface area contributed by atoms with Crippen molar-refractivity contribution in [2.45, 2.75) is 13.8 Å². The summed E-state index contributed by atoms with van der Waals surface area (Å²) in [6.07, 6.45) is 4.40. The van der Waals surface area contributed by atoms with Crippen molar-refractivity contribution in [3.8, 4) is 0 Å². The Balaban J connectivity index is 2.41. The van der Waals surface area contributed by atoms with Crippen LogP contribution in [0.3, 0.4) is 0 Å². The molecule has 2 rings (SSSR count). The number of ether oxygens (including phenoxy) is 1. The Hall–Kier alpha value is -1.50. The van der Waals surface area contributed by atoms with Crippen LogP contribution in [0.5, 0.6) is 0 Å². The number of benzene rings is 1. The van der Waals surface area contributed by atoms with E-state index in [4.69, 9.17) is 4.74 Å². The van der Waals surface area contributed by atoms with Gasteiger partial charge < -0.3 is 4.74 Å². The first-order chi connectivity index (χ1) is 7.72. The van der Waals surface area contributed by atoms with Crippen molar-refractivity contribution in [1.29, 1.82) is 0 Å². The molecule has 16 heavy (non-hydrogen) atoms. The van der Waals surface area contributed by atoms with Gasteiger partial charge in [0.15, 0.2) is 0 Å². The third kappa shape index (κ3) is 2.04. The van der Waals surface area contributed by atoms with Gasteiger partial charge in [-0.1, -0.05) is 42.8 Å². The molecular formula is C15H17O. The van der Waals surface area contributed by atoms with Crippen LogP contribution in [0, 0.1) is 12.3 Å². The van der Waals surface area contributed by atoms with E-state index in [1.807, 2.05) is 6.07 Å². The van der Waals surface area contributed by atoms with Crippen molar-refractivity contribution in [2.24, 2.45) is 5.92 Å². The van der Waals surface area contributed by atoms with Crippen LogP contribution in [0.15, 0.2) is 47.7 Å². The zero-order valence-electron chi connectivity index (χ0n) is 10.0. The van der Waals surface area contributed by atoms with Crippen LogP contribution in [0.2, 0.25) is 0 Å². The van der Waals surface area contributed by atoms with Gasteiger partial charge in [0.2, 0.25) is 0 Å². The van der Waals surface area contributed by atoms with Crippen LogP contribution in [-0.2, 0) is 4.74 Å². The summed E-state index contributed by atoms with van der Waals surface area (Å²) in [4.78, 5) is 0. The van der Waals surface area contributed by atoms with E-state index in [0.717, 1.165) is 5.76 Å². The number of allylic oxidation sites excluding steroid dienone is 4. The van der Waals surface area contributed by atoms with Gasteiger partial charge in [-0.05, 0) is 30.6 Å². The van der Waals surface area contributed by atoms with Gasteiger partial charge in [0.25, 0.3) is 0 Å². The second-order valence-corrected chi connectivity index (χ2v) is 4.17. The molecule has 0 amide bonds. The lowest BCUT2D eigenvalue weighted by Gasteiger charge is -2.22. The maximum absolute atomic E-state index is 5.40. The lowest BCUT2D eigenvalue weighted by molar-refractivity contribution is 0.257. The smallest absolute Gasteiger partial charge is 0.0995 e. The highest BCUT2D eigenvalue weighted by atomic mass is 16.5. The van der Waals surface area contributed by atoms with Crippen molar-refractivity contribution >= 4 is 5.57 Å². The van der Waals surface area contributed by atoms with Gasteiger partial charge in [0.1, 0.15) is 0 Å². The Morgan fingerprint density at radius 2 is 1.81 bits per heavy atom. The maximum atomic E-state index is 5.40. The van der Waals surface area contributed by atoms with Gasteiger partial charge in [-0.2, -0.15) is 0 Å². The second-order valence-electron chi connectivity index (χ2n) is 4.17. The average Bonchev–Trinajstić information content (AvgIpc) is 2.30. The minimum Gasteiger partial charge on any atom is -0.501 e. The Morgan fingerprint density at radius 1 is 1.12 bits per heavy atom. The number of rotatable bonds is 2. The largest absolute Gasteiger partial charge is 0.501 e. The molecular weight excluding hydrogens is 196 g/mol. The number of hydrogen-bond donors (Lipinski definition) is 0. The molecule has 0 saturated heterocycles.